The molecule has 0 bridgehead atoms. The Morgan fingerprint density at radius 3 is 2.85 bits per heavy atom. The molecule has 0 saturated carbocycles. The summed E-state index contributed by atoms with van der Waals surface area (Å²) in [5.41, 5.74) is 4.22. The van der Waals surface area contributed by atoms with Crippen molar-refractivity contribution < 1.29 is 9.53 Å². The second kappa shape index (κ2) is 10.7. The third-order valence-corrected chi connectivity index (χ3v) is 7.99. The van der Waals surface area contributed by atoms with Crippen molar-refractivity contribution in [1.82, 2.24) is 35.4 Å². The Balaban J connectivity index is 1.05. The minimum absolute atomic E-state index is 0.0615. The molecule has 40 heavy (non-hydrogen) atoms. The number of amides is 1. The Hall–Kier alpha value is -4.28. The molecule has 1 amide bonds. The van der Waals surface area contributed by atoms with Crippen LogP contribution in [-0.2, 0) is 4.74 Å². The van der Waals surface area contributed by atoms with Crippen LogP contribution in [0.5, 0.6) is 0 Å². The van der Waals surface area contributed by atoms with E-state index in [0.717, 1.165) is 85.0 Å². The van der Waals surface area contributed by atoms with E-state index in [-0.39, 0.29) is 11.9 Å². The number of likely N-dealkylation sites (tertiary alicyclic amines) is 1. The van der Waals surface area contributed by atoms with E-state index >= 15 is 0 Å². The number of hydrogen-bond acceptors (Lipinski definition) is 7. The van der Waals surface area contributed by atoms with Gasteiger partial charge in [0.2, 0.25) is 0 Å². The number of rotatable bonds is 6. The molecule has 2 aliphatic rings. The van der Waals surface area contributed by atoms with Crippen LogP contribution in [0, 0.1) is 0 Å². The first-order valence-electron chi connectivity index (χ1n) is 14.0. The minimum atomic E-state index is -0.0615. The van der Waals surface area contributed by atoms with Gasteiger partial charge in [-0.2, -0.15) is 5.10 Å². The molecule has 5 aromatic rings. The average Bonchev–Trinajstić information content (AvgIpc) is 3.64. The van der Waals surface area contributed by atoms with Crippen molar-refractivity contribution in [2.75, 3.05) is 31.6 Å². The number of fused-ring (bicyclic) bond motifs is 2. The average molecular weight is 537 g/mol. The van der Waals surface area contributed by atoms with Crippen LogP contribution in [0.15, 0.2) is 60.9 Å². The van der Waals surface area contributed by atoms with Crippen LogP contribution in [0.2, 0.25) is 0 Å². The summed E-state index contributed by atoms with van der Waals surface area (Å²) in [6, 6.07) is 16.4. The second-order valence-corrected chi connectivity index (χ2v) is 10.7. The number of nitrogens with zero attached hydrogens (tertiary/aromatic N) is 4. The quantitative estimate of drug-likeness (QED) is 0.250. The van der Waals surface area contributed by atoms with E-state index in [9.17, 15) is 4.79 Å². The van der Waals surface area contributed by atoms with Gasteiger partial charge < -0.3 is 20.4 Å². The number of aromatic nitrogens is 5. The van der Waals surface area contributed by atoms with Crippen molar-refractivity contribution in [1.29, 1.82) is 0 Å². The van der Waals surface area contributed by atoms with Gasteiger partial charge in [0.25, 0.3) is 5.91 Å². The van der Waals surface area contributed by atoms with E-state index in [1.54, 1.807) is 12.4 Å². The largest absolute Gasteiger partial charge is 0.381 e. The number of anilines is 2. The van der Waals surface area contributed by atoms with Gasteiger partial charge in [-0.1, -0.05) is 12.1 Å². The lowest BCUT2D eigenvalue weighted by molar-refractivity contribution is 0.0218. The highest BCUT2D eigenvalue weighted by atomic mass is 16.5. The third kappa shape index (κ3) is 5.15. The molecule has 2 fully saturated rings. The van der Waals surface area contributed by atoms with Crippen molar-refractivity contribution in [3.05, 3.63) is 66.6 Å². The molecule has 7 rings (SSSR count). The molecule has 1 unspecified atom stereocenters. The van der Waals surface area contributed by atoms with Crippen molar-refractivity contribution in [3.63, 3.8) is 0 Å². The van der Waals surface area contributed by atoms with E-state index in [0.29, 0.717) is 23.4 Å². The predicted octanol–water partition coefficient (Wildman–Crippen LogP) is 4.62. The van der Waals surface area contributed by atoms with Gasteiger partial charge in [0, 0.05) is 65.6 Å². The minimum Gasteiger partial charge on any atom is -0.381 e. The fraction of sp³-hybridized carbons (Fsp3) is 0.333. The molecule has 204 valence electrons. The lowest BCUT2D eigenvalue weighted by Crippen LogP contribution is -2.52. The van der Waals surface area contributed by atoms with Gasteiger partial charge >= 0.3 is 0 Å². The fourth-order valence-corrected chi connectivity index (χ4v) is 5.89. The summed E-state index contributed by atoms with van der Waals surface area (Å²) in [5.74, 6) is 1.24. The molecule has 10 nitrogen and oxygen atoms in total. The molecular formula is C30H32N8O2. The number of benzene rings is 2. The number of hydrogen-bond donors (Lipinski definition) is 4. The van der Waals surface area contributed by atoms with Gasteiger partial charge in [-0.25, -0.2) is 9.97 Å². The molecule has 3 aromatic heterocycles. The van der Waals surface area contributed by atoms with Crippen LogP contribution < -0.4 is 10.6 Å². The van der Waals surface area contributed by atoms with Gasteiger partial charge in [-0.15, -0.1) is 0 Å². The van der Waals surface area contributed by atoms with Crippen molar-refractivity contribution in [2.45, 2.75) is 37.8 Å². The van der Waals surface area contributed by atoms with E-state index in [1.165, 1.54) is 0 Å². The Bertz CT molecular complexity index is 1650. The molecule has 10 heteroatoms. The van der Waals surface area contributed by atoms with Crippen molar-refractivity contribution in [2.24, 2.45) is 0 Å². The number of H-pyrrole nitrogens is 2. The standard InChI is InChI=1S/C30H32N8O2/c39-30(34-23-2-1-11-38(18-23)24-8-12-40-13-9-24)27-15-19-3-4-20(16-26(19)35-27)29-31-10-7-28(36-29)33-22-5-6-25-21(14-22)17-32-37-25/h3-7,10,14-17,23-24,35H,1-2,8-9,11-13,18H2,(H,32,37)(H,34,39)(H,31,33,36). The normalized spacial score (nSPS) is 18.8. The van der Waals surface area contributed by atoms with E-state index in [4.69, 9.17) is 9.72 Å². The zero-order chi connectivity index (χ0) is 26.9. The summed E-state index contributed by atoms with van der Waals surface area (Å²) in [7, 11) is 0. The molecule has 2 saturated heterocycles. The van der Waals surface area contributed by atoms with Gasteiger partial charge in [0.15, 0.2) is 5.82 Å². The van der Waals surface area contributed by atoms with E-state index in [1.807, 2.05) is 48.5 Å². The molecule has 1 atom stereocenters. The van der Waals surface area contributed by atoms with Crippen LogP contribution in [0.4, 0.5) is 11.5 Å². The zero-order valence-electron chi connectivity index (χ0n) is 22.2. The highest BCUT2D eigenvalue weighted by Crippen LogP contribution is 2.26. The molecular weight excluding hydrogens is 504 g/mol. The highest BCUT2D eigenvalue weighted by Gasteiger charge is 2.28. The summed E-state index contributed by atoms with van der Waals surface area (Å²) in [6.45, 7) is 3.68. The molecule has 2 aliphatic heterocycles. The first-order chi connectivity index (χ1) is 19.7. The summed E-state index contributed by atoms with van der Waals surface area (Å²) in [5, 5.41) is 15.7. The van der Waals surface area contributed by atoms with E-state index < -0.39 is 0 Å². The lowest BCUT2D eigenvalue weighted by Gasteiger charge is -2.40. The van der Waals surface area contributed by atoms with Gasteiger partial charge in [-0.05, 0) is 68.6 Å². The van der Waals surface area contributed by atoms with Gasteiger partial charge in [0.1, 0.15) is 11.5 Å². The first kappa shape index (κ1) is 24.7. The number of nitrogens with one attached hydrogen (secondary N) is 4. The summed E-state index contributed by atoms with van der Waals surface area (Å²) >= 11 is 0. The maximum absolute atomic E-state index is 13.2. The van der Waals surface area contributed by atoms with Crippen LogP contribution in [0.3, 0.4) is 0 Å². The molecule has 0 spiro atoms. The number of carbonyl (C=O) groups excluding carboxylic acids is 1. The Morgan fingerprint density at radius 1 is 1.00 bits per heavy atom. The SMILES string of the molecule is O=C(NC1CCCN(C2CCOCC2)C1)c1cc2ccc(-c3nccc(Nc4ccc5[nH]ncc5c4)n3)cc2[nH]1. The van der Waals surface area contributed by atoms with Crippen molar-refractivity contribution in [3.8, 4) is 11.4 Å². The Morgan fingerprint density at radius 2 is 1.93 bits per heavy atom. The Kier molecular flexibility index (Phi) is 6.62. The second-order valence-electron chi connectivity index (χ2n) is 10.7. The molecule has 0 radical (unpaired) electrons. The molecule has 0 aliphatic carbocycles. The lowest BCUT2D eigenvalue weighted by atomic mass is 10.00. The number of piperidine rings is 1. The van der Waals surface area contributed by atoms with Crippen LogP contribution in [0.25, 0.3) is 33.2 Å². The van der Waals surface area contributed by atoms with Crippen LogP contribution >= 0.6 is 0 Å². The van der Waals surface area contributed by atoms with Gasteiger partial charge in [-0.3, -0.25) is 14.8 Å². The number of aromatic amines is 2. The maximum Gasteiger partial charge on any atom is 0.267 e. The van der Waals surface area contributed by atoms with Crippen LogP contribution in [0.1, 0.15) is 36.2 Å². The summed E-state index contributed by atoms with van der Waals surface area (Å²) < 4.78 is 5.53. The highest BCUT2D eigenvalue weighted by molar-refractivity contribution is 5.98. The summed E-state index contributed by atoms with van der Waals surface area (Å²) in [4.78, 5) is 28.3. The summed E-state index contributed by atoms with van der Waals surface area (Å²) in [6.07, 6.45) is 7.80. The van der Waals surface area contributed by atoms with Crippen LogP contribution in [-0.4, -0.2) is 74.3 Å². The molecule has 2 aromatic carbocycles. The number of ether oxygens (including phenoxy) is 1. The number of carbonyl (C=O) groups is 1. The molecule has 4 N–H and O–H groups in total. The monoisotopic (exact) mass is 536 g/mol. The first-order valence-corrected chi connectivity index (χ1v) is 14.0. The third-order valence-electron chi connectivity index (χ3n) is 7.99. The Labute approximate surface area is 231 Å². The predicted molar refractivity (Wildman–Crippen MR) is 155 cm³/mol. The zero-order valence-corrected chi connectivity index (χ0v) is 22.2. The smallest absolute Gasteiger partial charge is 0.267 e. The maximum atomic E-state index is 13.2. The fourth-order valence-electron chi connectivity index (χ4n) is 5.89. The van der Waals surface area contributed by atoms with Gasteiger partial charge in [0.05, 0.1) is 11.7 Å². The topological polar surface area (TPSA) is 124 Å². The molecule has 5 heterocycles. The van der Waals surface area contributed by atoms with Crippen molar-refractivity contribution >= 4 is 39.2 Å². The van der Waals surface area contributed by atoms with E-state index in [2.05, 4.69) is 35.7 Å².